The molecule has 1 aromatic carbocycles. The third kappa shape index (κ3) is 4.55. The summed E-state index contributed by atoms with van der Waals surface area (Å²) in [4.78, 5) is 25.7. The van der Waals surface area contributed by atoms with Crippen molar-refractivity contribution in [2.75, 3.05) is 19.9 Å². The molecule has 1 heterocycles. The second-order valence-corrected chi connectivity index (χ2v) is 6.25. The van der Waals surface area contributed by atoms with E-state index in [1.807, 2.05) is 24.3 Å². The number of benzene rings is 1. The summed E-state index contributed by atoms with van der Waals surface area (Å²) >= 11 is 1.43. The van der Waals surface area contributed by atoms with Gasteiger partial charge in [0.1, 0.15) is 22.8 Å². The minimum atomic E-state index is -1.04. The Balaban J connectivity index is 1.89. The van der Waals surface area contributed by atoms with Gasteiger partial charge < -0.3 is 19.2 Å². The number of carbonyl (C=O) groups is 2. The van der Waals surface area contributed by atoms with E-state index in [1.165, 1.54) is 22.7 Å². The average Bonchev–Trinajstić information content (AvgIpc) is 2.93. The number of thioether (sulfide) groups is 1. The highest BCUT2D eigenvalue weighted by atomic mass is 32.2. The molecule has 6 nitrogen and oxygen atoms in total. The van der Waals surface area contributed by atoms with Gasteiger partial charge in [-0.15, -0.1) is 11.8 Å². The number of ether oxygens (including phenoxy) is 1. The molecule has 2 aromatic rings. The molecule has 0 radical (unpaired) electrons. The van der Waals surface area contributed by atoms with E-state index in [0.29, 0.717) is 11.5 Å². The number of aryl methyl sites for hydroxylation is 1. The summed E-state index contributed by atoms with van der Waals surface area (Å²) in [7, 11) is 3.27. The average molecular weight is 349 g/mol. The zero-order valence-corrected chi connectivity index (χ0v) is 14.6. The molecule has 0 aliphatic carbocycles. The third-order valence-corrected chi connectivity index (χ3v) is 4.44. The Hall–Kier alpha value is -2.41. The van der Waals surface area contributed by atoms with Crippen LogP contribution >= 0.6 is 11.8 Å². The van der Waals surface area contributed by atoms with Gasteiger partial charge in [0, 0.05) is 11.9 Å². The Kier molecular flexibility index (Phi) is 5.92. The molecule has 0 unspecified atom stereocenters. The number of carboxylic acids is 1. The standard InChI is InChI=1S/C17H19NO5S/c1-11-15(17(20)21)8-13(23-11)9-18(2)16(19)10-24-14-6-4-12(22-3)5-7-14/h4-8H,9-10H2,1-3H3,(H,20,21). The molecule has 24 heavy (non-hydrogen) atoms. The van der Waals surface area contributed by atoms with Crippen molar-refractivity contribution in [3.05, 3.63) is 47.4 Å². The lowest BCUT2D eigenvalue weighted by molar-refractivity contribution is -0.127. The van der Waals surface area contributed by atoms with Gasteiger partial charge in [0.05, 0.1) is 19.4 Å². The minimum Gasteiger partial charge on any atom is -0.497 e. The molecule has 0 atom stereocenters. The molecule has 2 rings (SSSR count). The highest BCUT2D eigenvalue weighted by Gasteiger charge is 2.17. The lowest BCUT2D eigenvalue weighted by atomic mass is 10.2. The predicted octanol–water partition coefficient (Wildman–Crippen LogP) is 3.05. The lowest BCUT2D eigenvalue weighted by Crippen LogP contribution is -2.27. The molecule has 0 saturated heterocycles. The SMILES string of the molecule is COc1ccc(SCC(=O)N(C)Cc2cc(C(=O)O)c(C)o2)cc1. The molecular weight excluding hydrogens is 330 g/mol. The molecule has 0 aliphatic heterocycles. The number of carbonyl (C=O) groups excluding carboxylic acids is 1. The van der Waals surface area contributed by atoms with Gasteiger partial charge in [-0.1, -0.05) is 0 Å². The van der Waals surface area contributed by atoms with Crippen LogP contribution in [0.4, 0.5) is 0 Å². The van der Waals surface area contributed by atoms with Crippen molar-refractivity contribution < 1.29 is 23.8 Å². The fourth-order valence-corrected chi connectivity index (χ4v) is 2.92. The second-order valence-electron chi connectivity index (χ2n) is 5.20. The lowest BCUT2D eigenvalue weighted by Gasteiger charge is -2.15. The Bertz CT molecular complexity index is 723. The summed E-state index contributed by atoms with van der Waals surface area (Å²) < 4.78 is 10.5. The Morgan fingerprint density at radius 1 is 1.29 bits per heavy atom. The summed E-state index contributed by atoms with van der Waals surface area (Å²) in [5, 5.41) is 9.02. The van der Waals surface area contributed by atoms with Crippen LogP contribution in [0.1, 0.15) is 21.9 Å². The van der Waals surface area contributed by atoms with E-state index >= 15 is 0 Å². The van der Waals surface area contributed by atoms with Crippen LogP contribution in [0.15, 0.2) is 39.6 Å². The number of hydrogen-bond acceptors (Lipinski definition) is 5. The molecule has 7 heteroatoms. The molecule has 1 N–H and O–H groups in total. The molecule has 1 amide bonds. The summed E-state index contributed by atoms with van der Waals surface area (Å²) in [6.45, 7) is 1.82. The van der Waals surface area contributed by atoms with E-state index in [1.54, 1.807) is 21.1 Å². The first kappa shape index (κ1) is 17.9. The summed E-state index contributed by atoms with van der Waals surface area (Å²) in [6, 6.07) is 8.93. The smallest absolute Gasteiger partial charge is 0.339 e. The van der Waals surface area contributed by atoms with Gasteiger partial charge in [-0.3, -0.25) is 4.79 Å². The molecule has 128 valence electrons. The van der Waals surface area contributed by atoms with E-state index in [9.17, 15) is 9.59 Å². The van der Waals surface area contributed by atoms with Crippen LogP contribution < -0.4 is 4.74 Å². The van der Waals surface area contributed by atoms with Crippen molar-refractivity contribution in [2.45, 2.75) is 18.4 Å². The van der Waals surface area contributed by atoms with Gasteiger partial charge in [0.25, 0.3) is 0 Å². The monoisotopic (exact) mass is 349 g/mol. The number of methoxy groups -OCH3 is 1. The minimum absolute atomic E-state index is 0.0678. The van der Waals surface area contributed by atoms with Crippen molar-refractivity contribution in [1.29, 1.82) is 0 Å². The number of aromatic carboxylic acids is 1. The first-order valence-corrected chi connectivity index (χ1v) is 8.22. The van der Waals surface area contributed by atoms with Gasteiger partial charge in [0.2, 0.25) is 5.91 Å². The number of carboxylic acid groups (broad SMARTS) is 1. The predicted molar refractivity (Wildman–Crippen MR) is 90.6 cm³/mol. The molecular formula is C17H19NO5S. The van der Waals surface area contributed by atoms with Crippen LogP contribution in [0, 0.1) is 6.92 Å². The fraction of sp³-hybridized carbons (Fsp3) is 0.294. The van der Waals surface area contributed by atoms with Crippen LogP contribution in [-0.2, 0) is 11.3 Å². The van der Waals surface area contributed by atoms with Crippen LogP contribution in [0.2, 0.25) is 0 Å². The molecule has 0 aliphatic rings. The van der Waals surface area contributed by atoms with E-state index in [4.69, 9.17) is 14.3 Å². The number of hydrogen-bond donors (Lipinski definition) is 1. The Labute approximate surface area is 144 Å². The van der Waals surface area contributed by atoms with Gasteiger partial charge in [-0.2, -0.15) is 0 Å². The van der Waals surface area contributed by atoms with E-state index in [-0.39, 0.29) is 23.8 Å². The maximum Gasteiger partial charge on any atom is 0.339 e. The molecule has 0 saturated carbocycles. The van der Waals surface area contributed by atoms with E-state index in [2.05, 4.69) is 0 Å². The molecule has 0 fully saturated rings. The second kappa shape index (κ2) is 7.92. The van der Waals surface area contributed by atoms with Crippen molar-refractivity contribution >= 4 is 23.6 Å². The van der Waals surface area contributed by atoms with Crippen molar-refractivity contribution in [3.8, 4) is 5.75 Å². The normalized spacial score (nSPS) is 10.5. The number of furan rings is 1. The fourth-order valence-electron chi connectivity index (χ4n) is 2.08. The Morgan fingerprint density at radius 3 is 2.50 bits per heavy atom. The number of rotatable bonds is 7. The third-order valence-electron chi connectivity index (χ3n) is 3.44. The van der Waals surface area contributed by atoms with Crippen LogP contribution in [0.3, 0.4) is 0 Å². The maximum atomic E-state index is 12.2. The van der Waals surface area contributed by atoms with Gasteiger partial charge in [-0.05, 0) is 37.3 Å². The highest BCUT2D eigenvalue weighted by molar-refractivity contribution is 8.00. The molecule has 0 bridgehead atoms. The van der Waals surface area contributed by atoms with Crippen molar-refractivity contribution in [3.63, 3.8) is 0 Å². The van der Waals surface area contributed by atoms with Crippen molar-refractivity contribution in [2.24, 2.45) is 0 Å². The van der Waals surface area contributed by atoms with Gasteiger partial charge >= 0.3 is 5.97 Å². The largest absolute Gasteiger partial charge is 0.497 e. The molecule has 1 aromatic heterocycles. The van der Waals surface area contributed by atoms with E-state index in [0.717, 1.165) is 10.6 Å². The Morgan fingerprint density at radius 2 is 1.96 bits per heavy atom. The van der Waals surface area contributed by atoms with Gasteiger partial charge in [-0.25, -0.2) is 4.79 Å². The first-order chi connectivity index (χ1) is 11.4. The van der Waals surface area contributed by atoms with Crippen molar-refractivity contribution in [1.82, 2.24) is 4.90 Å². The number of amides is 1. The summed E-state index contributed by atoms with van der Waals surface area (Å²) in [6.07, 6.45) is 0. The summed E-state index contributed by atoms with van der Waals surface area (Å²) in [5.41, 5.74) is 0.124. The van der Waals surface area contributed by atoms with E-state index < -0.39 is 5.97 Å². The topological polar surface area (TPSA) is 80.0 Å². The number of nitrogens with zero attached hydrogens (tertiary/aromatic N) is 1. The zero-order valence-electron chi connectivity index (χ0n) is 13.7. The van der Waals surface area contributed by atoms with Gasteiger partial charge in [0.15, 0.2) is 0 Å². The van der Waals surface area contributed by atoms with Crippen LogP contribution in [0.5, 0.6) is 5.75 Å². The molecule has 0 spiro atoms. The highest BCUT2D eigenvalue weighted by Crippen LogP contribution is 2.22. The first-order valence-electron chi connectivity index (χ1n) is 7.24. The zero-order chi connectivity index (χ0) is 17.7. The summed E-state index contributed by atoms with van der Waals surface area (Å²) in [5.74, 6) is 0.744. The van der Waals surface area contributed by atoms with Crippen LogP contribution in [-0.4, -0.2) is 41.8 Å². The van der Waals surface area contributed by atoms with Crippen LogP contribution in [0.25, 0.3) is 0 Å². The quantitative estimate of drug-likeness (QED) is 0.774. The maximum absolute atomic E-state index is 12.2.